The summed E-state index contributed by atoms with van der Waals surface area (Å²) >= 11 is 0. The van der Waals surface area contributed by atoms with E-state index in [4.69, 9.17) is 0 Å². The first-order valence-corrected chi connectivity index (χ1v) is 6.89. The fourth-order valence-electron chi connectivity index (χ4n) is 2.35. The lowest BCUT2D eigenvalue weighted by Crippen LogP contribution is -2.46. The van der Waals surface area contributed by atoms with Crippen LogP contribution in [-0.2, 0) is 0 Å². The minimum absolute atomic E-state index is 0.164. The second-order valence-electron chi connectivity index (χ2n) is 4.90. The van der Waals surface area contributed by atoms with Crippen LogP contribution in [0.3, 0.4) is 0 Å². The predicted molar refractivity (Wildman–Crippen MR) is 78.0 cm³/mol. The lowest BCUT2D eigenvalue weighted by Gasteiger charge is -2.32. The van der Waals surface area contributed by atoms with Gasteiger partial charge in [-0.15, -0.1) is 0 Å². The van der Waals surface area contributed by atoms with E-state index < -0.39 is 0 Å². The number of aromatic amines is 1. The molecule has 1 fully saturated rings. The maximum atomic E-state index is 11.8. The highest BCUT2D eigenvalue weighted by atomic mass is 16.2. The summed E-state index contributed by atoms with van der Waals surface area (Å²) in [6.07, 6.45) is 8.42. The average molecular weight is 287 g/mol. The maximum absolute atomic E-state index is 11.8. The Morgan fingerprint density at radius 1 is 1.29 bits per heavy atom. The number of aromatic nitrogens is 4. The van der Waals surface area contributed by atoms with Crippen molar-refractivity contribution in [2.45, 2.75) is 18.9 Å². The van der Waals surface area contributed by atoms with Gasteiger partial charge in [-0.3, -0.25) is 5.10 Å². The van der Waals surface area contributed by atoms with Gasteiger partial charge in [0.05, 0.1) is 11.9 Å². The molecule has 8 heteroatoms. The summed E-state index contributed by atoms with van der Waals surface area (Å²) in [6.45, 7) is 1.67. The normalized spacial score (nSPS) is 15.7. The van der Waals surface area contributed by atoms with Gasteiger partial charge in [0.15, 0.2) is 0 Å². The first-order chi connectivity index (χ1) is 10.3. The summed E-state index contributed by atoms with van der Waals surface area (Å²) in [5, 5.41) is 12.1. The van der Waals surface area contributed by atoms with Gasteiger partial charge in [0.1, 0.15) is 0 Å². The van der Waals surface area contributed by atoms with Crippen molar-refractivity contribution in [3.8, 4) is 0 Å². The number of anilines is 2. The molecule has 0 aromatic carbocycles. The molecule has 1 saturated heterocycles. The number of nitrogens with one attached hydrogen (secondary N) is 3. The topological polar surface area (TPSA) is 98.8 Å². The van der Waals surface area contributed by atoms with Gasteiger partial charge in [-0.1, -0.05) is 0 Å². The summed E-state index contributed by atoms with van der Waals surface area (Å²) in [4.78, 5) is 22.4. The van der Waals surface area contributed by atoms with Gasteiger partial charge in [-0.05, 0) is 18.9 Å². The van der Waals surface area contributed by atoms with Gasteiger partial charge >= 0.3 is 6.03 Å². The zero-order valence-corrected chi connectivity index (χ0v) is 11.5. The predicted octanol–water partition coefficient (Wildman–Crippen LogP) is 0.990. The third kappa shape index (κ3) is 3.47. The van der Waals surface area contributed by atoms with Crippen LogP contribution in [0.25, 0.3) is 0 Å². The zero-order chi connectivity index (χ0) is 14.5. The highest BCUT2D eigenvalue weighted by Gasteiger charge is 2.22. The third-order valence-electron chi connectivity index (χ3n) is 3.42. The van der Waals surface area contributed by atoms with Crippen molar-refractivity contribution in [2.24, 2.45) is 0 Å². The third-order valence-corrected chi connectivity index (χ3v) is 3.42. The SMILES string of the molecule is O=C(Nc1cn[nH]c1)NC1CCN(c2ncccn2)CC1. The standard InChI is InChI=1S/C13H17N7O/c21-13(19-11-8-16-17-9-11)18-10-2-6-20(7-3-10)12-14-4-1-5-15-12/h1,4-5,8-10H,2-3,6-7H2,(H,16,17)(H2,18,19,21). The van der Waals surface area contributed by atoms with Crippen molar-refractivity contribution in [3.63, 3.8) is 0 Å². The molecule has 21 heavy (non-hydrogen) atoms. The number of hydrogen-bond donors (Lipinski definition) is 3. The Kier molecular flexibility index (Phi) is 3.95. The van der Waals surface area contributed by atoms with Crippen LogP contribution in [0.5, 0.6) is 0 Å². The van der Waals surface area contributed by atoms with Gasteiger partial charge in [0.25, 0.3) is 0 Å². The number of H-pyrrole nitrogens is 1. The molecule has 0 atom stereocenters. The Balaban J connectivity index is 1.46. The Labute approximate surface area is 122 Å². The molecule has 0 aliphatic carbocycles. The van der Waals surface area contributed by atoms with Crippen LogP contribution in [0.2, 0.25) is 0 Å². The summed E-state index contributed by atoms with van der Waals surface area (Å²) in [5.41, 5.74) is 0.655. The number of piperidine rings is 1. The molecule has 1 aliphatic rings. The fraction of sp³-hybridized carbons (Fsp3) is 0.385. The van der Waals surface area contributed by atoms with Crippen molar-refractivity contribution >= 4 is 17.7 Å². The van der Waals surface area contributed by atoms with Crippen LogP contribution in [-0.4, -0.2) is 45.3 Å². The highest BCUT2D eigenvalue weighted by molar-refractivity contribution is 5.89. The fourth-order valence-corrected chi connectivity index (χ4v) is 2.35. The molecule has 0 saturated carbocycles. The van der Waals surface area contributed by atoms with Gasteiger partial charge < -0.3 is 15.5 Å². The molecule has 0 unspecified atom stereocenters. The lowest BCUT2D eigenvalue weighted by atomic mass is 10.1. The summed E-state index contributed by atoms with van der Waals surface area (Å²) in [6, 6.07) is 1.76. The molecule has 3 heterocycles. The van der Waals surface area contributed by atoms with E-state index in [9.17, 15) is 4.79 Å². The minimum Gasteiger partial charge on any atom is -0.341 e. The Bertz CT molecular complexity index is 563. The van der Waals surface area contributed by atoms with E-state index in [1.807, 2.05) is 0 Å². The van der Waals surface area contributed by atoms with Crippen molar-refractivity contribution in [1.82, 2.24) is 25.5 Å². The molecular weight excluding hydrogens is 270 g/mol. The van der Waals surface area contributed by atoms with Gasteiger partial charge in [-0.2, -0.15) is 5.10 Å². The van der Waals surface area contributed by atoms with Crippen LogP contribution in [0.15, 0.2) is 30.9 Å². The van der Waals surface area contributed by atoms with E-state index >= 15 is 0 Å². The van der Waals surface area contributed by atoms with Crippen LogP contribution in [0.4, 0.5) is 16.4 Å². The van der Waals surface area contributed by atoms with Crippen LogP contribution in [0, 0.1) is 0 Å². The molecule has 1 aliphatic heterocycles. The number of carbonyl (C=O) groups excluding carboxylic acids is 1. The van der Waals surface area contributed by atoms with Gasteiger partial charge in [0.2, 0.25) is 5.95 Å². The van der Waals surface area contributed by atoms with Crippen LogP contribution in [0.1, 0.15) is 12.8 Å². The first-order valence-electron chi connectivity index (χ1n) is 6.89. The van der Waals surface area contributed by atoms with E-state index in [-0.39, 0.29) is 12.1 Å². The average Bonchev–Trinajstić information content (AvgIpc) is 3.02. The highest BCUT2D eigenvalue weighted by Crippen LogP contribution is 2.15. The number of hydrogen-bond acceptors (Lipinski definition) is 5. The zero-order valence-electron chi connectivity index (χ0n) is 11.5. The molecule has 0 spiro atoms. The number of urea groups is 1. The largest absolute Gasteiger partial charge is 0.341 e. The molecule has 0 radical (unpaired) electrons. The molecule has 3 rings (SSSR count). The number of nitrogens with zero attached hydrogens (tertiary/aromatic N) is 4. The van der Waals surface area contributed by atoms with Gasteiger partial charge in [-0.25, -0.2) is 14.8 Å². The molecule has 2 aromatic heterocycles. The Hall–Kier alpha value is -2.64. The monoisotopic (exact) mass is 287 g/mol. The van der Waals surface area contributed by atoms with E-state index in [1.54, 1.807) is 30.9 Å². The maximum Gasteiger partial charge on any atom is 0.319 e. The molecule has 2 amide bonds. The molecule has 8 nitrogen and oxygen atoms in total. The summed E-state index contributed by atoms with van der Waals surface area (Å²) in [7, 11) is 0. The van der Waals surface area contributed by atoms with Crippen molar-refractivity contribution < 1.29 is 4.79 Å². The van der Waals surface area contributed by atoms with Crippen molar-refractivity contribution in [1.29, 1.82) is 0 Å². The summed E-state index contributed by atoms with van der Waals surface area (Å²) in [5.74, 6) is 0.749. The molecule has 2 aromatic rings. The smallest absolute Gasteiger partial charge is 0.319 e. The number of amides is 2. The number of carbonyl (C=O) groups is 1. The van der Waals surface area contributed by atoms with Crippen LogP contribution < -0.4 is 15.5 Å². The second kappa shape index (κ2) is 6.21. The number of rotatable bonds is 3. The van der Waals surface area contributed by atoms with Crippen LogP contribution >= 0.6 is 0 Å². The molecule has 0 bridgehead atoms. The second-order valence-corrected chi connectivity index (χ2v) is 4.90. The first kappa shape index (κ1) is 13.3. The Morgan fingerprint density at radius 2 is 2.05 bits per heavy atom. The minimum atomic E-state index is -0.203. The van der Waals surface area contributed by atoms with Crippen molar-refractivity contribution in [3.05, 3.63) is 30.9 Å². The van der Waals surface area contributed by atoms with Crippen molar-refractivity contribution in [2.75, 3.05) is 23.3 Å². The van der Waals surface area contributed by atoms with E-state index in [2.05, 4.69) is 35.7 Å². The quantitative estimate of drug-likeness (QED) is 0.782. The van der Waals surface area contributed by atoms with Gasteiger partial charge in [0, 0.05) is 37.7 Å². The lowest BCUT2D eigenvalue weighted by molar-refractivity contribution is 0.246. The Morgan fingerprint density at radius 3 is 2.71 bits per heavy atom. The van der Waals surface area contributed by atoms with E-state index in [1.165, 1.54) is 0 Å². The molecular formula is C13H17N7O. The molecule has 110 valence electrons. The van der Waals surface area contributed by atoms with E-state index in [0.717, 1.165) is 31.9 Å². The molecule has 3 N–H and O–H groups in total. The summed E-state index contributed by atoms with van der Waals surface area (Å²) < 4.78 is 0. The van der Waals surface area contributed by atoms with E-state index in [0.29, 0.717) is 5.69 Å².